The maximum atomic E-state index is 12.6. The average molecular weight is 414 g/mol. The molecule has 30 heavy (non-hydrogen) atoms. The Hall–Kier alpha value is -3.55. The minimum Gasteiger partial charge on any atom is -0.508 e. The first kappa shape index (κ1) is 22.7. The molecule has 0 radical (unpaired) electrons. The maximum absolute atomic E-state index is 12.6. The van der Waals surface area contributed by atoms with E-state index >= 15 is 0 Å². The van der Waals surface area contributed by atoms with E-state index in [4.69, 9.17) is 4.74 Å². The van der Waals surface area contributed by atoms with Crippen LogP contribution in [-0.2, 0) is 27.4 Å². The highest BCUT2D eigenvalue weighted by atomic mass is 16.5. The van der Waals surface area contributed by atoms with Crippen molar-refractivity contribution < 1.29 is 29.3 Å². The van der Waals surface area contributed by atoms with Crippen molar-refractivity contribution in [3.05, 3.63) is 65.7 Å². The fraction of sp³-hybridized carbons (Fsp3) is 0.318. The van der Waals surface area contributed by atoms with Crippen molar-refractivity contribution in [1.29, 1.82) is 0 Å². The summed E-state index contributed by atoms with van der Waals surface area (Å²) in [5.74, 6) is -1.73. The number of nitrogens with one attached hydrogen (secondary N) is 2. The molecule has 0 aliphatic carbocycles. The Bertz CT molecular complexity index is 838. The summed E-state index contributed by atoms with van der Waals surface area (Å²) in [5.41, 5.74) is 1.45. The van der Waals surface area contributed by atoms with Crippen molar-refractivity contribution in [1.82, 2.24) is 10.6 Å². The van der Waals surface area contributed by atoms with Gasteiger partial charge in [-0.1, -0.05) is 55.8 Å². The molecule has 2 aromatic carbocycles. The van der Waals surface area contributed by atoms with Crippen LogP contribution in [-0.4, -0.2) is 40.3 Å². The normalized spacial score (nSPS) is 12.4. The summed E-state index contributed by atoms with van der Waals surface area (Å²) in [6.07, 6.45) is 0.223. The second-order valence-electron chi connectivity index (χ2n) is 6.82. The van der Waals surface area contributed by atoms with E-state index in [1.54, 1.807) is 12.1 Å². The molecule has 0 spiro atoms. The third kappa shape index (κ3) is 7.46. The van der Waals surface area contributed by atoms with E-state index in [0.717, 1.165) is 5.56 Å². The molecule has 2 atom stereocenters. The van der Waals surface area contributed by atoms with Gasteiger partial charge in [-0.3, -0.25) is 4.79 Å². The molecule has 0 heterocycles. The number of carbonyl (C=O) groups excluding carboxylic acids is 2. The number of alkyl carbamates (subject to hydrolysis) is 1. The second-order valence-corrected chi connectivity index (χ2v) is 6.82. The van der Waals surface area contributed by atoms with Gasteiger partial charge in [-0.2, -0.15) is 0 Å². The molecule has 0 bridgehead atoms. The quantitative estimate of drug-likeness (QED) is 0.474. The molecule has 2 rings (SSSR count). The third-order valence-electron chi connectivity index (χ3n) is 4.39. The Morgan fingerprint density at radius 2 is 1.60 bits per heavy atom. The Morgan fingerprint density at radius 1 is 0.933 bits per heavy atom. The minimum absolute atomic E-state index is 0.0403. The highest BCUT2D eigenvalue weighted by Crippen LogP contribution is 2.12. The number of carbonyl (C=O) groups is 3. The van der Waals surface area contributed by atoms with Gasteiger partial charge in [-0.25, -0.2) is 9.59 Å². The monoisotopic (exact) mass is 414 g/mol. The van der Waals surface area contributed by atoms with Gasteiger partial charge >= 0.3 is 12.1 Å². The lowest BCUT2D eigenvalue weighted by Crippen LogP contribution is -2.52. The molecule has 160 valence electrons. The van der Waals surface area contributed by atoms with Gasteiger partial charge in [0.15, 0.2) is 0 Å². The molecule has 0 fully saturated rings. The lowest BCUT2D eigenvalue weighted by atomic mass is 10.0. The summed E-state index contributed by atoms with van der Waals surface area (Å²) in [5, 5.41) is 23.8. The number of hydrogen-bond acceptors (Lipinski definition) is 5. The van der Waals surface area contributed by atoms with Crippen LogP contribution in [0, 0.1) is 0 Å². The molecular weight excluding hydrogens is 388 g/mol. The van der Waals surface area contributed by atoms with Crippen LogP contribution in [0.5, 0.6) is 5.75 Å². The van der Waals surface area contributed by atoms with Crippen molar-refractivity contribution >= 4 is 18.0 Å². The Kier molecular flexibility index (Phi) is 8.68. The Labute approximate surface area is 174 Å². The number of hydrogen-bond donors (Lipinski definition) is 4. The molecule has 0 saturated heterocycles. The predicted octanol–water partition coefficient (Wildman–Crippen LogP) is 2.60. The van der Waals surface area contributed by atoms with Gasteiger partial charge in [-0.15, -0.1) is 0 Å². The van der Waals surface area contributed by atoms with E-state index < -0.39 is 30.1 Å². The van der Waals surface area contributed by atoms with Crippen molar-refractivity contribution in [2.75, 3.05) is 0 Å². The number of ether oxygens (including phenoxy) is 1. The summed E-state index contributed by atoms with van der Waals surface area (Å²) in [7, 11) is 0. The summed E-state index contributed by atoms with van der Waals surface area (Å²) in [6.45, 7) is 1.91. The third-order valence-corrected chi connectivity index (χ3v) is 4.39. The van der Waals surface area contributed by atoms with Crippen LogP contribution in [0.2, 0.25) is 0 Å². The van der Waals surface area contributed by atoms with Crippen molar-refractivity contribution in [3.63, 3.8) is 0 Å². The van der Waals surface area contributed by atoms with Crippen LogP contribution < -0.4 is 10.6 Å². The number of aliphatic carboxylic acids is 1. The summed E-state index contributed by atoms with van der Waals surface area (Å²) in [6, 6.07) is 13.1. The van der Waals surface area contributed by atoms with Gasteiger partial charge < -0.3 is 25.6 Å². The van der Waals surface area contributed by atoms with Crippen LogP contribution in [0.1, 0.15) is 30.9 Å². The van der Waals surface area contributed by atoms with E-state index in [1.165, 1.54) is 12.1 Å². The first-order valence-electron chi connectivity index (χ1n) is 9.67. The van der Waals surface area contributed by atoms with E-state index in [-0.39, 0.29) is 18.8 Å². The highest BCUT2D eigenvalue weighted by Gasteiger charge is 2.26. The number of carboxylic acids is 1. The molecule has 8 heteroatoms. The number of phenolic OH excluding ortho intramolecular Hbond substituents is 1. The van der Waals surface area contributed by atoms with E-state index in [0.29, 0.717) is 18.4 Å². The second kappa shape index (κ2) is 11.5. The topological polar surface area (TPSA) is 125 Å². The van der Waals surface area contributed by atoms with Crippen molar-refractivity contribution in [3.8, 4) is 5.75 Å². The van der Waals surface area contributed by atoms with Gasteiger partial charge in [0.25, 0.3) is 0 Å². The van der Waals surface area contributed by atoms with E-state index in [2.05, 4.69) is 10.6 Å². The van der Waals surface area contributed by atoms with Crippen molar-refractivity contribution in [2.45, 2.75) is 44.9 Å². The summed E-state index contributed by atoms with van der Waals surface area (Å²) in [4.78, 5) is 36.3. The van der Waals surface area contributed by atoms with Gasteiger partial charge in [-0.05, 0) is 29.7 Å². The molecule has 0 aromatic heterocycles. The van der Waals surface area contributed by atoms with Gasteiger partial charge in [0.2, 0.25) is 5.91 Å². The van der Waals surface area contributed by atoms with Crippen LogP contribution >= 0.6 is 0 Å². The standard InChI is InChI=1S/C22H26N2O6/c1-2-6-18(24-22(29)30-14-16-7-4-3-5-8-16)20(26)23-19(21(27)28)13-15-9-11-17(25)12-10-15/h3-5,7-12,18-19,25H,2,6,13-14H2,1H3,(H,23,26)(H,24,29)(H,27,28)/t18-,19-/m0/s1. The van der Waals surface area contributed by atoms with Crippen LogP contribution in [0.3, 0.4) is 0 Å². The molecule has 4 N–H and O–H groups in total. The van der Waals surface area contributed by atoms with Gasteiger partial charge in [0, 0.05) is 6.42 Å². The fourth-order valence-electron chi connectivity index (χ4n) is 2.80. The fourth-order valence-corrected chi connectivity index (χ4v) is 2.80. The van der Waals surface area contributed by atoms with Gasteiger partial charge in [0.05, 0.1) is 0 Å². The molecule has 2 amide bonds. The largest absolute Gasteiger partial charge is 0.508 e. The molecule has 0 saturated carbocycles. The van der Waals surface area contributed by atoms with Gasteiger partial charge in [0.1, 0.15) is 24.4 Å². The molecule has 0 aliphatic heterocycles. The number of rotatable bonds is 10. The zero-order chi connectivity index (χ0) is 21.9. The molecule has 0 aliphatic rings. The lowest BCUT2D eigenvalue weighted by Gasteiger charge is -2.21. The number of carboxylic acid groups (broad SMARTS) is 1. The Morgan fingerprint density at radius 3 is 2.20 bits per heavy atom. The zero-order valence-electron chi connectivity index (χ0n) is 16.7. The maximum Gasteiger partial charge on any atom is 0.408 e. The molecular formula is C22H26N2O6. The Balaban J connectivity index is 1.95. The van der Waals surface area contributed by atoms with E-state index in [1.807, 2.05) is 37.3 Å². The lowest BCUT2D eigenvalue weighted by molar-refractivity contribution is -0.142. The summed E-state index contributed by atoms with van der Waals surface area (Å²) >= 11 is 0. The van der Waals surface area contributed by atoms with Crippen LogP contribution in [0.4, 0.5) is 4.79 Å². The van der Waals surface area contributed by atoms with Crippen LogP contribution in [0.25, 0.3) is 0 Å². The molecule has 0 unspecified atom stereocenters. The predicted molar refractivity (Wildman–Crippen MR) is 110 cm³/mol. The first-order chi connectivity index (χ1) is 14.4. The first-order valence-corrected chi connectivity index (χ1v) is 9.67. The minimum atomic E-state index is -1.20. The average Bonchev–Trinajstić information content (AvgIpc) is 2.73. The highest BCUT2D eigenvalue weighted by molar-refractivity contribution is 5.89. The molecule has 2 aromatic rings. The number of aromatic hydroxyl groups is 1. The molecule has 8 nitrogen and oxygen atoms in total. The van der Waals surface area contributed by atoms with Crippen LogP contribution in [0.15, 0.2) is 54.6 Å². The van der Waals surface area contributed by atoms with E-state index in [9.17, 15) is 24.6 Å². The number of benzene rings is 2. The number of phenols is 1. The van der Waals surface area contributed by atoms with Crippen molar-refractivity contribution in [2.24, 2.45) is 0 Å². The zero-order valence-corrected chi connectivity index (χ0v) is 16.7. The smallest absolute Gasteiger partial charge is 0.408 e. The SMILES string of the molecule is CCC[C@H](NC(=O)OCc1ccccc1)C(=O)N[C@@H](Cc1ccc(O)cc1)C(=O)O. The number of amides is 2. The summed E-state index contributed by atoms with van der Waals surface area (Å²) < 4.78 is 5.14.